The van der Waals surface area contributed by atoms with Crippen molar-refractivity contribution < 1.29 is 18.3 Å². The fraction of sp³-hybridized carbons (Fsp3) is 0.433. The Bertz CT molecular complexity index is 1850. The Morgan fingerprint density at radius 1 is 1.28 bits per heavy atom. The lowest BCUT2D eigenvalue weighted by Crippen LogP contribution is -2.60. The van der Waals surface area contributed by atoms with Gasteiger partial charge in [-0.2, -0.15) is 15.2 Å². The molecular formula is C30H28ClF2N7O2S. The predicted octanol–water partition coefficient (Wildman–Crippen LogP) is 4.88. The van der Waals surface area contributed by atoms with Gasteiger partial charge in [-0.15, -0.1) is 11.3 Å². The summed E-state index contributed by atoms with van der Waals surface area (Å²) < 4.78 is 44.3. The summed E-state index contributed by atoms with van der Waals surface area (Å²) in [6.07, 6.45) is 1.45. The zero-order valence-electron chi connectivity index (χ0n) is 23.2. The smallest absolute Gasteiger partial charge is 0.319 e. The number of thiophene rings is 1. The van der Waals surface area contributed by atoms with Crippen molar-refractivity contribution in [2.45, 2.75) is 49.6 Å². The van der Waals surface area contributed by atoms with Crippen LogP contribution in [0.5, 0.6) is 11.8 Å². The molecule has 4 aromatic rings. The molecule has 8 rings (SSSR count). The number of alkyl halides is 1. The van der Waals surface area contributed by atoms with E-state index in [1.54, 1.807) is 12.1 Å². The summed E-state index contributed by atoms with van der Waals surface area (Å²) in [6, 6.07) is 7.78. The molecule has 0 radical (unpaired) electrons. The van der Waals surface area contributed by atoms with Crippen LogP contribution in [0.2, 0.25) is 5.02 Å². The van der Waals surface area contributed by atoms with Crippen LogP contribution in [0.15, 0.2) is 18.2 Å². The van der Waals surface area contributed by atoms with E-state index in [0.717, 1.165) is 17.5 Å². The lowest BCUT2D eigenvalue weighted by molar-refractivity contribution is 0.188. The third-order valence-corrected chi connectivity index (χ3v) is 10.7. The van der Waals surface area contributed by atoms with E-state index >= 15 is 4.39 Å². The molecule has 0 aliphatic carbocycles. The highest BCUT2D eigenvalue weighted by atomic mass is 35.5. The molecule has 222 valence electrons. The lowest BCUT2D eigenvalue weighted by Gasteiger charge is -2.40. The maximum atomic E-state index is 17.0. The molecule has 0 saturated carbocycles. The fourth-order valence-corrected chi connectivity index (χ4v) is 8.53. The lowest BCUT2D eigenvalue weighted by atomic mass is 9.96. The number of rotatable bonds is 4. The zero-order valence-corrected chi connectivity index (χ0v) is 24.8. The number of ether oxygens (including phenoxy) is 2. The molecule has 4 aliphatic rings. The molecule has 2 aromatic heterocycles. The first kappa shape index (κ1) is 27.1. The van der Waals surface area contributed by atoms with E-state index < -0.39 is 12.0 Å². The fourth-order valence-electron chi connectivity index (χ4n) is 7.25. The average Bonchev–Trinajstić information content (AvgIpc) is 3.61. The summed E-state index contributed by atoms with van der Waals surface area (Å²) in [5.74, 6) is 0.150. The summed E-state index contributed by atoms with van der Waals surface area (Å²) in [5.41, 5.74) is 6.97. The number of nitrogens with one attached hydrogen (secondary N) is 1. The minimum atomic E-state index is -0.924. The van der Waals surface area contributed by atoms with E-state index in [9.17, 15) is 9.65 Å². The summed E-state index contributed by atoms with van der Waals surface area (Å²) >= 11 is 8.33. The first-order valence-electron chi connectivity index (χ1n) is 14.4. The van der Waals surface area contributed by atoms with E-state index in [2.05, 4.69) is 21.3 Å². The molecule has 2 aromatic carbocycles. The van der Waals surface area contributed by atoms with Gasteiger partial charge >= 0.3 is 6.01 Å². The molecule has 2 bridgehead atoms. The Morgan fingerprint density at radius 2 is 2.14 bits per heavy atom. The van der Waals surface area contributed by atoms with E-state index in [-0.39, 0.29) is 58.5 Å². The number of likely N-dealkylation sites (tertiary alicyclic amines) is 1. The van der Waals surface area contributed by atoms with Crippen molar-refractivity contribution in [2.24, 2.45) is 0 Å². The third kappa shape index (κ3) is 4.13. The highest BCUT2D eigenvalue weighted by molar-refractivity contribution is 7.23. The van der Waals surface area contributed by atoms with Crippen molar-refractivity contribution in [1.29, 1.82) is 5.26 Å². The van der Waals surface area contributed by atoms with Crippen LogP contribution in [0.25, 0.3) is 32.1 Å². The normalized spacial score (nSPS) is 26.4. The predicted molar refractivity (Wildman–Crippen MR) is 162 cm³/mol. The number of nitrogen functional groups attached to an aromatic ring is 1. The van der Waals surface area contributed by atoms with Gasteiger partial charge in [0.15, 0.2) is 11.6 Å². The van der Waals surface area contributed by atoms with Crippen LogP contribution in [-0.2, 0) is 0 Å². The molecule has 4 aliphatic heterocycles. The molecule has 3 fully saturated rings. The Kier molecular flexibility index (Phi) is 6.31. The summed E-state index contributed by atoms with van der Waals surface area (Å²) in [6.45, 7) is 1.50. The van der Waals surface area contributed by atoms with Gasteiger partial charge in [-0.05, 0) is 37.9 Å². The molecule has 0 spiro atoms. The number of hydrogen-bond donors (Lipinski definition) is 2. The maximum absolute atomic E-state index is 17.0. The highest BCUT2D eigenvalue weighted by Crippen LogP contribution is 2.51. The zero-order chi connectivity index (χ0) is 29.6. The van der Waals surface area contributed by atoms with Crippen LogP contribution < -0.4 is 25.4 Å². The monoisotopic (exact) mass is 623 g/mol. The standard InChI is InChI=1S/C30H28ClF2N7O2S/c1-39-9-13(32)7-15(39)11-42-30-37-26-23-27(41-12-19-18-6-5-14(36-18)10-40(19)29(23)38-30)24(31)22(25(26)33)16-3-2-4-20-21(16)17(8-34)28(35)43-20/h2-4,13-15,18-19,36H,5-7,9-12,35H2,1H3/t13-,14-,15+,18+,19-/m1/s1. The van der Waals surface area contributed by atoms with Gasteiger partial charge in [0, 0.05) is 46.9 Å². The number of fused-ring (bicyclic) bond motifs is 6. The molecule has 9 nitrogen and oxygen atoms in total. The largest absolute Gasteiger partial charge is 0.489 e. The number of nitrogens with two attached hydrogens (primary N) is 1. The van der Waals surface area contributed by atoms with Gasteiger partial charge in [0.05, 0.1) is 22.0 Å². The molecule has 0 amide bonds. The minimum Gasteiger partial charge on any atom is -0.489 e. The topological polar surface area (TPSA) is 113 Å². The van der Waals surface area contributed by atoms with Gasteiger partial charge in [0.1, 0.15) is 41.8 Å². The quantitative estimate of drug-likeness (QED) is 0.328. The van der Waals surface area contributed by atoms with Gasteiger partial charge < -0.3 is 25.4 Å². The molecule has 13 heteroatoms. The third-order valence-electron chi connectivity index (χ3n) is 9.34. The number of likely N-dealkylation sites (N-methyl/N-ethyl adjacent to an activating group) is 1. The van der Waals surface area contributed by atoms with Crippen LogP contribution in [0.1, 0.15) is 24.8 Å². The number of anilines is 2. The van der Waals surface area contributed by atoms with Crippen molar-refractivity contribution in [3.05, 3.63) is 34.6 Å². The SMILES string of the molecule is CN1C[C@H](F)C[C@H]1COc1nc2c3c(c(Cl)c(-c4cccc5sc(N)c(C#N)c45)c(F)c3n1)OC[C@@H]1[C@@H]3CC[C@H](CN21)N3. The first-order valence-corrected chi connectivity index (χ1v) is 15.6. The molecular weight excluding hydrogens is 596 g/mol. The number of halogens is 3. The minimum absolute atomic E-state index is 0.0126. The summed E-state index contributed by atoms with van der Waals surface area (Å²) in [5, 5.41) is 14.9. The van der Waals surface area contributed by atoms with Gasteiger partial charge in [-0.3, -0.25) is 4.90 Å². The Hall–Kier alpha value is -3.50. The van der Waals surface area contributed by atoms with Crippen molar-refractivity contribution in [3.63, 3.8) is 0 Å². The van der Waals surface area contributed by atoms with E-state index in [4.69, 9.17) is 31.8 Å². The average molecular weight is 624 g/mol. The van der Waals surface area contributed by atoms with Crippen molar-refractivity contribution >= 4 is 54.7 Å². The van der Waals surface area contributed by atoms with Crippen molar-refractivity contribution in [3.8, 4) is 29.0 Å². The number of nitrogens with zero attached hydrogens (tertiary/aromatic N) is 5. The van der Waals surface area contributed by atoms with Gasteiger partial charge in [0.25, 0.3) is 0 Å². The maximum Gasteiger partial charge on any atom is 0.319 e. The van der Waals surface area contributed by atoms with Crippen molar-refractivity contribution in [2.75, 3.05) is 44.0 Å². The Labute approximate surface area is 255 Å². The molecule has 0 unspecified atom stereocenters. The second kappa shape index (κ2) is 10.0. The molecule has 43 heavy (non-hydrogen) atoms. The number of piperazine rings is 1. The van der Waals surface area contributed by atoms with Gasteiger partial charge in [-0.1, -0.05) is 23.7 Å². The first-order chi connectivity index (χ1) is 20.8. The van der Waals surface area contributed by atoms with Gasteiger partial charge in [0.2, 0.25) is 0 Å². The van der Waals surface area contributed by atoms with E-state index in [0.29, 0.717) is 59.0 Å². The van der Waals surface area contributed by atoms with Crippen LogP contribution in [0.3, 0.4) is 0 Å². The highest BCUT2D eigenvalue weighted by Gasteiger charge is 2.44. The molecule has 5 atom stereocenters. The summed E-state index contributed by atoms with van der Waals surface area (Å²) in [7, 11) is 1.86. The van der Waals surface area contributed by atoms with Crippen molar-refractivity contribution in [1.82, 2.24) is 20.2 Å². The summed E-state index contributed by atoms with van der Waals surface area (Å²) in [4.78, 5) is 13.5. The second-order valence-corrected chi connectivity index (χ2v) is 13.3. The molecule has 3 N–H and O–H groups in total. The van der Waals surface area contributed by atoms with Crippen LogP contribution in [-0.4, -0.2) is 78.6 Å². The van der Waals surface area contributed by atoms with Crippen LogP contribution in [0.4, 0.5) is 19.6 Å². The van der Waals surface area contributed by atoms with Gasteiger partial charge in [-0.25, -0.2) is 8.78 Å². The number of hydrogen-bond acceptors (Lipinski definition) is 10. The van der Waals surface area contributed by atoms with Crippen LogP contribution in [0, 0.1) is 17.1 Å². The number of benzene rings is 2. The Balaban J connectivity index is 1.35. The second-order valence-electron chi connectivity index (χ2n) is 11.8. The molecule has 6 heterocycles. The van der Waals surface area contributed by atoms with Crippen LogP contribution >= 0.6 is 22.9 Å². The number of nitriles is 1. The van der Waals surface area contributed by atoms with E-state index in [1.807, 2.05) is 18.0 Å². The Morgan fingerprint density at radius 3 is 2.93 bits per heavy atom. The van der Waals surface area contributed by atoms with E-state index in [1.165, 1.54) is 11.3 Å². The number of aromatic nitrogens is 2. The molecule has 3 saturated heterocycles.